The summed E-state index contributed by atoms with van der Waals surface area (Å²) < 4.78 is 26.9. The van der Waals surface area contributed by atoms with Crippen molar-refractivity contribution in [2.75, 3.05) is 31.9 Å². The van der Waals surface area contributed by atoms with Crippen molar-refractivity contribution in [1.29, 1.82) is 0 Å². The number of hydrogen-bond acceptors (Lipinski definition) is 5. The summed E-state index contributed by atoms with van der Waals surface area (Å²) in [7, 11) is -3.50. The lowest BCUT2D eigenvalue weighted by Gasteiger charge is -2.26. The molecule has 35 heavy (non-hydrogen) atoms. The van der Waals surface area contributed by atoms with E-state index in [0.717, 1.165) is 31.4 Å². The Kier molecular flexibility index (Phi) is 14.7. The Morgan fingerprint density at radius 2 is 1.63 bits per heavy atom. The van der Waals surface area contributed by atoms with Gasteiger partial charge in [-0.2, -0.15) is 0 Å². The smallest absolute Gasteiger partial charge is 0.221 e. The highest BCUT2D eigenvalue weighted by Crippen LogP contribution is 2.16. The molecule has 1 amide bonds. The van der Waals surface area contributed by atoms with Crippen LogP contribution in [0.15, 0.2) is 24.3 Å². The number of amides is 1. The number of hydrogen-bond donors (Lipinski definition) is 3. The summed E-state index contributed by atoms with van der Waals surface area (Å²) in [4.78, 5) is 12.8. The molecule has 2 unspecified atom stereocenters. The molecular weight excluding hydrogens is 462 g/mol. The van der Waals surface area contributed by atoms with Crippen molar-refractivity contribution < 1.29 is 18.3 Å². The van der Waals surface area contributed by atoms with E-state index in [1.807, 2.05) is 26.0 Å². The SMILES string of the molecule is CCCN(CCC)S(=O)(=O)CCC(=O)NC(Cc1ccc(C(C)C)cc1)C(O)CNCCC(C)C. The monoisotopic (exact) mass is 511 g/mol. The molecule has 2 atom stereocenters. The summed E-state index contributed by atoms with van der Waals surface area (Å²) in [5.41, 5.74) is 2.25. The first kappa shape index (κ1) is 31.5. The third kappa shape index (κ3) is 12.4. The van der Waals surface area contributed by atoms with Crippen LogP contribution in [0.1, 0.15) is 84.3 Å². The van der Waals surface area contributed by atoms with Crippen LogP contribution in [0.4, 0.5) is 0 Å². The van der Waals surface area contributed by atoms with Gasteiger partial charge in [-0.05, 0) is 55.2 Å². The van der Waals surface area contributed by atoms with Gasteiger partial charge >= 0.3 is 0 Å². The van der Waals surface area contributed by atoms with E-state index in [0.29, 0.717) is 37.9 Å². The van der Waals surface area contributed by atoms with Gasteiger partial charge in [0.25, 0.3) is 0 Å². The highest BCUT2D eigenvalue weighted by atomic mass is 32.2. The van der Waals surface area contributed by atoms with E-state index < -0.39 is 22.2 Å². The van der Waals surface area contributed by atoms with Gasteiger partial charge in [-0.15, -0.1) is 0 Å². The van der Waals surface area contributed by atoms with Crippen LogP contribution in [-0.4, -0.2) is 67.8 Å². The fourth-order valence-electron chi connectivity index (χ4n) is 3.88. The van der Waals surface area contributed by atoms with E-state index >= 15 is 0 Å². The highest BCUT2D eigenvalue weighted by Gasteiger charge is 2.25. The zero-order chi connectivity index (χ0) is 26.4. The van der Waals surface area contributed by atoms with Crippen LogP contribution in [0.3, 0.4) is 0 Å². The van der Waals surface area contributed by atoms with Gasteiger partial charge in [0.2, 0.25) is 15.9 Å². The van der Waals surface area contributed by atoms with Crippen molar-refractivity contribution >= 4 is 15.9 Å². The molecule has 1 aromatic carbocycles. The molecule has 0 heterocycles. The second kappa shape index (κ2) is 16.3. The van der Waals surface area contributed by atoms with Crippen LogP contribution in [0.2, 0.25) is 0 Å². The molecule has 0 fully saturated rings. The summed E-state index contributed by atoms with van der Waals surface area (Å²) in [6.45, 7) is 14.6. The summed E-state index contributed by atoms with van der Waals surface area (Å²) >= 11 is 0. The quantitative estimate of drug-likeness (QED) is 0.261. The fraction of sp³-hybridized carbons (Fsp3) is 0.741. The Morgan fingerprint density at radius 1 is 1.03 bits per heavy atom. The standard InChI is InChI=1S/C27H49N3O4S/c1-7-16-30(17-8-2)35(33,34)18-14-27(32)29-25(26(31)20-28-15-13-21(3)4)19-23-9-11-24(12-10-23)22(5)6/h9-12,21-22,25-26,28,31H,7-8,13-20H2,1-6H3,(H,29,32). The molecule has 8 heteroatoms. The van der Waals surface area contributed by atoms with Crippen molar-refractivity contribution in [2.45, 2.75) is 91.7 Å². The molecule has 3 N–H and O–H groups in total. The summed E-state index contributed by atoms with van der Waals surface area (Å²) in [6, 6.07) is 7.71. The van der Waals surface area contributed by atoms with Crippen molar-refractivity contribution in [3.63, 3.8) is 0 Å². The molecule has 0 aliphatic heterocycles. The van der Waals surface area contributed by atoms with E-state index in [1.165, 1.54) is 9.87 Å². The minimum Gasteiger partial charge on any atom is -0.390 e. The van der Waals surface area contributed by atoms with Gasteiger partial charge in [-0.3, -0.25) is 4.79 Å². The summed E-state index contributed by atoms with van der Waals surface area (Å²) in [5, 5.41) is 17.1. The third-order valence-electron chi connectivity index (χ3n) is 6.09. The average Bonchev–Trinajstić information content (AvgIpc) is 2.80. The van der Waals surface area contributed by atoms with Gasteiger partial charge in [-0.1, -0.05) is 65.8 Å². The second-order valence-electron chi connectivity index (χ2n) is 10.2. The lowest BCUT2D eigenvalue weighted by molar-refractivity contribution is -0.122. The van der Waals surface area contributed by atoms with Crippen molar-refractivity contribution in [1.82, 2.24) is 14.9 Å². The predicted molar refractivity (Wildman–Crippen MR) is 145 cm³/mol. The molecule has 1 aromatic rings. The molecule has 0 aromatic heterocycles. The Balaban J connectivity index is 2.84. The predicted octanol–water partition coefficient (Wildman–Crippen LogP) is 3.68. The van der Waals surface area contributed by atoms with E-state index in [-0.39, 0.29) is 18.1 Å². The number of aliphatic hydroxyl groups is 1. The Morgan fingerprint density at radius 3 is 2.14 bits per heavy atom. The first-order chi connectivity index (χ1) is 16.5. The number of nitrogens with zero attached hydrogens (tertiary/aromatic N) is 1. The number of benzene rings is 1. The highest BCUT2D eigenvalue weighted by molar-refractivity contribution is 7.89. The number of aliphatic hydroxyl groups excluding tert-OH is 1. The Bertz CT molecular complexity index is 819. The zero-order valence-corrected chi connectivity index (χ0v) is 23.5. The Labute approximate surface area is 214 Å². The van der Waals surface area contributed by atoms with E-state index in [2.05, 4.69) is 50.5 Å². The molecule has 202 valence electrons. The van der Waals surface area contributed by atoms with E-state index in [9.17, 15) is 18.3 Å². The summed E-state index contributed by atoms with van der Waals surface area (Å²) in [6.07, 6.45) is 2.04. The van der Waals surface area contributed by atoms with E-state index in [4.69, 9.17) is 0 Å². The molecule has 0 bridgehead atoms. The van der Waals surface area contributed by atoms with Crippen molar-refractivity contribution in [2.24, 2.45) is 5.92 Å². The average molecular weight is 512 g/mol. The normalized spacial score (nSPS) is 14.0. The van der Waals surface area contributed by atoms with Crippen LogP contribution >= 0.6 is 0 Å². The lowest BCUT2D eigenvalue weighted by Crippen LogP contribution is -2.49. The van der Waals surface area contributed by atoms with Gasteiger partial charge in [0, 0.05) is 26.1 Å². The van der Waals surface area contributed by atoms with Crippen LogP contribution < -0.4 is 10.6 Å². The minimum absolute atomic E-state index is 0.122. The van der Waals surface area contributed by atoms with Crippen LogP contribution in [0.25, 0.3) is 0 Å². The minimum atomic E-state index is -3.50. The maximum atomic E-state index is 12.8. The van der Waals surface area contributed by atoms with Gasteiger partial charge in [0.05, 0.1) is 17.9 Å². The maximum absolute atomic E-state index is 12.8. The molecule has 1 rings (SSSR count). The van der Waals surface area contributed by atoms with Crippen molar-refractivity contribution in [3.05, 3.63) is 35.4 Å². The first-order valence-corrected chi connectivity index (χ1v) is 14.9. The van der Waals surface area contributed by atoms with Gasteiger partial charge in [0.15, 0.2) is 0 Å². The molecule has 7 nitrogen and oxygen atoms in total. The molecule has 0 radical (unpaired) electrons. The van der Waals surface area contributed by atoms with E-state index in [1.54, 1.807) is 0 Å². The van der Waals surface area contributed by atoms with Crippen LogP contribution in [0.5, 0.6) is 0 Å². The number of carbonyl (C=O) groups excluding carboxylic acids is 1. The van der Waals surface area contributed by atoms with Gasteiger partial charge in [0.1, 0.15) is 0 Å². The van der Waals surface area contributed by atoms with Crippen LogP contribution in [0, 0.1) is 5.92 Å². The number of rotatable bonds is 18. The van der Waals surface area contributed by atoms with Crippen LogP contribution in [-0.2, 0) is 21.2 Å². The van der Waals surface area contributed by atoms with Gasteiger partial charge in [-0.25, -0.2) is 12.7 Å². The third-order valence-corrected chi connectivity index (χ3v) is 7.96. The zero-order valence-electron chi connectivity index (χ0n) is 22.7. The molecule has 0 saturated heterocycles. The fourth-order valence-corrected chi connectivity index (χ4v) is 5.50. The molecule has 0 aliphatic carbocycles. The molecule has 0 aliphatic rings. The molecule has 0 spiro atoms. The van der Waals surface area contributed by atoms with Gasteiger partial charge < -0.3 is 15.7 Å². The Hall–Kier alpha value is -1.48. The second-order valence-corrected chi connectivity index (χ2v) is 12.3. The van der Waals surface area contributed by atoms with Crippen molar-refractivity contribution in [3.8, 4) is 0 Å². The number of nitrogens with one attached hydrogen (secondary N) is 2. The molecular formula is C27H49N3O4S. The maximum Gasteiger partial charge on any atom is 0.221 e. The molecule has 0 saturated carbocycles. The largest absolute Gasteiger partial charge is 0.390 e. The first-order valence-electron chi connectivity index (χ1n) is 13.2. The number of carbonyl (C=O) groups is 1. The lowest BCUT2D eigenvalue weighted by atomic mass is 9.97. The topological polar surface area (TPSA) is 98.7 Å². The summed E-state index contributed by atoms with van der Waals surface area (Å²) in [5.74, 6) is 0.414. The number of sulfonamides is 1.